The summed E-state index contributed by atoms with van der Waals surface area (Å²) in [5, 5.41) is 13.9. The van der Waals surface area contributed by atoms with Crippen LogP contribution in [0.4, 0.5) is 0 Å². The lowest BCUT2D eigenvalue weighted by Crippen LogP contribution is -2.05. The molecule has 0 amide bonds. The van der Waals surface area contributed by atoms with Crippen LogP contribution in [-0.4, -0.2) is 9.78 Å². The summed E-state index contributed by atoms with van der Waals surface area (Å²) < 4.78 is 7.71. The maximum atomic E-state index is 8.85. The van der Waals surface area contributed by atoms with Crippen LogP contribution in [0, 0.1) is 18.3 Å². The van der Waals surface area contributed by atoms with Crippen LogP contribution in [-0.2, 0) is 6.42 Å². The SMILES string of the molecule is Cc1c(CC#N)nn(C(C)C)c1Oc1cccc(Cl)c1. The van der Waals surface area contributed by atoms with Crippen molar-refractivity contribution in [1.82, 2.24) is 9.78 Å². The van der Waals surface area contributed by atoms with Gasteiger partial charge in [-0.05, 0) is 39.0 Å². The number of hydrogen-bond acceptors (Lipinski definition) is 3. The van der Waals surface area contributed by atoms with Crippen LogP contribution in [0.2, 0.25) is 5.02 Å². The van der Waals surface area contributed by atoms with Crippen LogP contribution in [0.15, 0.2) is 24.3 Å². The van der Waals surface area contributed by atoms with Crippen LogP contribution in [0.3, 0.4) is 0 Å². The molecule has 0 N–H and O–H groups in total. The Morgan fingerprint density at radius 2 is 2.20 bits per heavy atom. The molecule has 0 radical (unpaired) electrons. The molecule has 0 bridgehead atoms. The summed E-state index contributed by atoms with van der Waals surface area (Å²) in [6, 6.07) is 9.49. The summed E-state index contributed by atoms with van der Waals surface area (Å²) in [6.07, 6.45) is 0.275. The van der Waals surface area contributed by atoms with Crippen LogP contribution < -0.4 is 4.74 Å². The van der Waals surface area contributed by atoms with E-state index in [1.165, 1.54) is 0 Å². The average Bonchev–Trinajstić information content (AvgIpc) is 2.69. The second-order valence-electron chi connectivity index (χ2n) is 4.81. The molecule has 0 atom stereocenters. The van der Waals surface area contributed by atoms with Gasteiger partial charge in [0.25, 0.3) is 0 Å². The lowest BCUT2D eigenvalue weighted by Gasteiger charge is -2.12. The minimum atomic E-state index is 0.148. The molecule has 0 spiro atoms. The van der Waals surface area contributed by atoms with Gasteiger partial charge in [-0.25, -0.2) is 4.68 Å². The van der Waals surface area contributed by atoms with E-state index in [1.807, 2.05) is 32.9 Å². The molecular weight excluding hydrogens is 274 g/mol. The molecule has 2 aromatic rings. The highest BCUT2D eigenvalue weighted by Gasteiger charge is 2.18. The third-order valence-corrected chi connectivity index (χ3v) is 3.17. The monoisotopic (exact) mass is 289 g/mol. The lowest BCUT2D eigenvalue weighted by molar-refractivity contribution is 0.386. The summed E-state index contributed by atoms with van der Waals surface area (Å²) in [7, 11) is 0. The fourth-order valence-corrected chi connectivity index (χ4v) is 2.08. The number of benzene rings is 1. The number of hydrogen-bond donors (Lipinski definition) is 0. The van der Waals surface area contributed by atoms with Gasteiger partial charge in [-0.3, -0.25) is 0 Å². The van der Waals surface area contributed by atoms with E-state index in [4.69, 9.17) is 21.6 Å². The van der Waals surface area contributed by atoms with Gasteiger partial charge < -0.3 is 4.74 Å². The number of aromatic nitrogens is 2. The number of rotatable bonds is 4. The largest absolute Gasteiger partial charge is 0.439 e. The quantitative estimate of drug-likeness (QED) is 0.844. The molecule has 0 unspecified atom stereocenters. The van der Waals surface area contributed by atoms with Crippen molar-refractivity contribution in [3.05, 3.63) is 40.5 Å². The highest BCUT2D eigenvalue weighted by atomic mass is 35.5. The molecule has 1 aromatic carbocycles. The summed E-state index contributed by atoms with van der Waals surface area (Å²) in [5.41, 5.74) is 1.64. The van der Waals surface area contributed by atoms with Gasteiger partial charge in [-0.2, -0.15) is 10.4 Å². The van der Waals surface area contributed by atoms with Crippen molar-refractivity contribution in [2.45, 2.75) is 33.2 Å². The molecule has 0 aliphatic rings. The Bertz CT molecular complexity index is 656. The molecule has 20 heavy (non-hydrogen) atoms. The zero-order valence-electron chi connectivity index (χ0n) is 11.7. The van der Waals surface area contributed by atoms with Gasteiger partial charge in [0.15, 0.2) is 0 Å². The zero-order chi connectivity index (χ0) is 14.7. The molecule has 0 saturated heterocycles. The first-order chi connectivity index (χ1) is 9.52. The normalized spacial score (nSPS) is 10.6. The lowest BCUT2D eigenvalue weighted by atomic mass is 10.2. The van der Waals surface area contributed by atoms with E-state index in [-0.39, 0.29) is 12.5 Å². The van der Waals surface area contributed by atoms with Gasteiger partial charge in [0.2, 0.25) is 5.88 Å². The first kappa shape index (κ1) is 14.4. The number of ether oxygens (including phenoxy) is 1. The predicted octanol–water partition coefficient (Wildman–Crippen LogP) is 4.28. The molecule has 1 aromatic heterocycles. The molecule has 2 rings (SSSR count). The maximum Gasteiger partial charge on any atom is 0.221 e. The fraction of sp³-hybridized carbons (Fsp3) is 0.333. The average molecular weight is 290 g/mol. The van der Waals surface area contributed by atoms with E-state index < -0.39 is 0 Å². The zero-order valence-corrected chi connectivity index (χ0v) is 12.5. The van der Waals surface area contributed by atoms with Gasteiger partial charge >= 0.3 is 0 Å². The first-order valence-electron chi connectivity index (χ1n) is 6.41. The van der Waals surface area contributed by atoms with Crippen LogP contribution in [0.1, 0.15) is 31.1 Å². The molecule has 5 heteroatoms. The number of nitrogens with zero attached hydrogens (tertiary/aromatic N) is 3. The summed E-state index contributed by atoms with van der Waals surface area (Å²) in [5.74, 6) is 1.32. The van der Waals surface area contributed by atoms with Crippen molar-refractivity contribution in [2.75, 3.05) is 0 Å². The van der Waals surface area contributed by atoms with E-state index in [2.05, 4.69) is 11.2 Å². The summed E-state index contributed by atoms with van der Waals surface area (Å²) in [4.78, 5) is 0. The van der Waals surface area contributed by atoms with Crippen molar-refractivity contribution in [3.63, 3.8) is 0 Å². The van der Waals surface area contributed by atoms with E-state index in [1.54, 1.807) is 16.8 Å². The first-order valence-corrected chi connectivity index (χ1v) is 6.79. The Morgan fingerprint density at radius 1 is 1.45 bits per heavy atom. The van der Waals surface area contributed by atoms with E-state index in [0.717, 1.165) is 11.3 Å². The summed E-state index contributed by atoms with van der Waals surface area (Å²) >= 11 is 5.96. The van der Waals surface area contributed by atoms with Crippen LogP contribution in [0.5, 0.6) is 11.6 Å². The molecule has 0 saturated carbocycles. The molecule has 4 nitrogen and oxygen atoms in total. The molecule has 104 valence electrons. The van der Waals surface area contributed by atoms with Gasteiger partial charge in [-0.1, -0.05) is 17.7 Å². The smallest absolute Gasteiger partial charge is 0.221 e. The predicted molar refractivity (Wildman–Crippen MR) is 78.2 cm³/mol. The molecule has 1 heterocycles. The number of nitriles is 1. The molecule has 0 fully saturated rings. The third kappa shape index (κ3) is 2.94. The van der Waals surface area contributed by atoms with E-state index in [9.17, 15) is 0 Å². The van der Waals surface area contributed by atoms with Crippen molar-refractivity contribution in [2.24, 2.45) is 0 Å². The van der Waals surface area contributed by atoms with E-state index in [0.29, 0.717) is 16.7 Å². The van der Waals surface area contributed by atoms with Gasteiger partial charge in [0, 0.05) is 10.6 Å². The van der Waals surface area contributed by atoms with Gasteiger partial charge in [0.05, 0.1) is 24.2 Å². The highest BCUT2D eigenvalue weighted by molar-refractivity contribution is 6.30. The Labute approximate surface area is 123 Å². The molecule has 0 aliphatic heterocycles. The number of halogens is 1. The van der Waals surface area contributed by atoms with Gasteiger partial charge in [0.1, 0.15) is 5.75 Å². The van der Waals surface area contributed by atoms with Crippen molar-refractivity contribution in [1.29, 1.82) is 5.26 Å². The topological polar surface area (TPSA) is 50.8 Å². The molecule has 0 aliphatic carbocycles. The Morgan fingerprint density at radius 3 is 2.80 bits per heavy atom. The second kappa shape index (κ2) is 5.98. The minimum Gasteiger partial charge on any atom is -0.439 e. The minimum absolute atomic E-state index is 0.148. The Kier molecular flexibility index (Phi) is 4.31. The van der Waals surface area contributed by atoms with Gasteiger partial charge in [-0.15, -0.1) is 0 Å². The highest BCUT2D eigenvalue weighted by Crippen LogP contribution is 2.31. The van der Waals surface area contributed by atoms with Crippen molar-refractivity contribution < 1.29 is 4.74 Å². The summed E-state index contributed by atoms with van der Waals surface area (Å²) in [6.45, 7) is 5.96. The Hall–Kier alpha value is -1.99. The second-order valence-corrected chi connectivity index (χ2v) is 5.25. The van der Waals surface area contributed by atoms with E-state index >= 15 is 0 Å². The third-order valence-electron chi connectivity index (χ3n) is 2.94. The standard InChI is InChI=1S/C15H16ClN3O/c1-10(2)19-15(11(3)14(18-19)7-8-17)20-13-6-4-5-12(16)9-13/h4-6,9-10H,7H2,1-3H3. The maximum absolute atomic E-state index is 8.85. The van der Waals surface area contributed by atoms with Crippen molar-refractivity contribution in [3.8, 4) is 17.7 Å². The van der Waals surface area contributed by atoms with Crippen molar-refractivity contribution >= 4 is 11.6 Å². The van der Waals surface area contributed by atoms with Crippen LogP contribution in [0.25, 0.3) is 0 Å². The Balaban J connectivity index is 2.42. The molecular formula is C15H16ClN3O. The van der Waals surface area contributed by atoms with Crippen LogP contribution >= 0.6 is 11.6 Å². The fourth-order valence-electron chi connectivity index (χ4n) is 1.90.